The van der Waals surface area contributed by atoms with E-state index < -0.39 is 10.0 Å². The highest BCUT2D eigenvalue weighted by atomic mass is 35.5. The number of sulfonamides is 1. The maximum atomic E-state index is 12.1. The van der Waals surface area contributed by atoms with Gasteiger partial charge in [-0.2, -0.15) is 0 Å². The molecule has 3 aromatic rings. The van der Waals surface area contributed by atoms with E-state index in [9.17, 15) is 13.2 Å². The number of aromatic nitrogens is 1. The quantitative estimate of drug-likeness (QED) is 0.694. The van der Waals surface area contributed by atoms with E-state index in [1.54, 1.807) is 30.3 Å². The molecule has 25 heavy (non-hydrogen) atoms. The van der Waals surface area contributed by atoms with Gasteiger partial charge in [-0.05, 0) is 41.6 Å². The Hall–Kier alpha value is -2.15. The Bertz CT molecular complexity index is 1040. The van der Waals surface area contributed by atoms with E-state index in [0.717, 1.165) is 10.9 Å². The van der Waals surface area contributed by atoms with Crippen LogP contribution in [0.3, 0.4) is 0 Å². The number of fused-ring (bicyclic) bond motifs is 1. The minimum atomic E-state index is -3.48. The van der Waals surface area contributed by atoms with E-state index in [2.05, 4.69) is 9.71 Å². The van der Waals surface area contributed by atoms with Gasteiger partial charge in [0.15, 0.2) is 0 Å². The summed E-state index contributed by atoms with van der Waals surface area (Å²) in [6.45, 7) is 0.164. The Kier molecular flexibility index (Phi) is 5.22. The Morgan fingerprint density at radius 1 is 1.04 bits per heavy atom. The third-order valence-corrected chi connectivity index (χ3v) is 5.43. The third-order valence-electron chi connectivity index (χ3n) is 3.82. The van der Waals surface area contributed by atoms with Gasteiger partial charge < -0.3 is 4.98 Å². The van der Waals surface area contributed by atoms with E-state index in [1.807, 2.05) is 24.3 Å². The fourth-order valence-corrected chi connectivity index (χ4v) is 3.84. The van der Waals surface area contributed by atoms with Crippen LogP contribution >= 0.6 is 11.6 Å². The summed E-state index contributed by atoms with van der Waals surface area (Å²) in [5, 5.41) is 1.48. The number of rotatable bonds is 6. The summed E-state index contributed by atoms with van der Waals surface area (Å²) in [6.07, 6.45) is 0.319. The Balaban J connectivity index is 1.64. The molecule has 0 radical (unpaired) electrons. The van der Waals surface area contributed by atoms with Crippen molar-refractivity contribution in [3.05, 3.63) is 81.1 Å². The molecule has 1 aromatic heterocycles. The van der Waals surface area contributed by atoms with Gasteiger partial charge in [0.25, 0.3) is 5.56 Å². The smallest absolute Gasteiger partial charge is 0.251 e. The van der Waals surface area contributed by atoms with Gasteiger partial charge in [-0.25, -0.2) is 13.1 Å². The highest BCUT2D eigenvalue weighted by molar-refractivity contribution is 7.88. The molecular weight excluding hydrogens is 360 g/mol. The minimum absolute atomic E-state index is 0.127. The molecule has 0 aliphatic carbocycles. The molecule has 5 nitrogen and oxygen atoms in total. The lowest BCUT2D eigenvalue weighted by molar-refractivity contribution is 0.580. The van der Waals surface area contributed by atoms with Gasteiger partial charge in [-0.3, -0.25) is 4.79 Å². The lowest BCUT2D eigenvalue weighted by Gasteiger charge is -2.07. The molecule has 0 atom stereocenters. The van der Waals surface area contributed by atoms with Crippen LogP contribution in [0.25, 0.3) is 10.9 Å². The van der Waals surface area contributed by atoms with Gasteiger partial charge in [-0.1, -0.05) is 41.9 Å². The molecule has 3 rings (SSSR count). The predicted molar refractivity (Wildman–Crippen MR) is 100 cm³/mol. The molecule has 130 valence electrons. The number of halogens is 1. The fraction of sp³-hybridized carbons (Fsp3) is 0.167. The zero-order chi connectivity index (χ0) is 17.9. The molecule has 0 bridgehead atoms. The molecule has 1 heterocycles. The maximum absolute atomic E-state index is 12.1. The predicted octanol–water partition coefficient (Wildman–Crippen LogP) is 2.84. The first-order chi connectivity index (χ1) is 11.9. The minimum Gasteiger partial charge on any atom is -0.322 e. The van der Waals surface area contributed by atoms with Gasteiger partial charge in [0, 0.05) is 22.6 Å². The first-order valence-electron chi connectivity index (χ1n) is 7.76. The lowest BCUT2D eigenvalue weighted by Crippen LogP contribution is -2.28. The van der Waals surface area contributed by atoms with Gasteiger partial charge in [0.2, 0.25) is 10.0 Å². The van der Waals surface area contributed by atoms with Crippen LogP contribution < -0.4 is 10.3 Å². The number of aromatic amines is 1. The Morgan fingerprint density at radius 2 is 1.76 bits per heavy atom. The third kappa shape index (κ3) is 4.69. The van der Waals surface area contributed by atoms with Gasteiger partial charge in [0.1, 0.15) is 0 Å². The van der Waals surface area contributed by atoms with E-state index in [-0.39, 0.29) is 17.9 Å². The van der Waals surface area contributed by atoms with Gasteiger partial charge in [-0.15, -0.1) is 0 Å². The normalized spacial score (nSPS) is 11.7. The summed E-state index contributed by atoms with van der Waals surface area (Å²) in [6, 6.07) is 15.9. The second kappa shape index (κ2) is 7.39. The van der Waals surface area contributed by atoms with Crippen LogP contribution in [0.15, 0.2) is 59.4 Å². The molecule has 7 heteroatoms. The average Bonchev–Trinajstić information content (AvgIpc) is 2.57. The summed E-state index contributed by atoms with van der Waals surface area (Å²) in [7, 11) is -3.48. The summed E-state index contributed by atoms with van der Waals surface area (Å²) in [5.41, 5.74) is 1.77. The van der Waals surface area contributed by atoms with Crippen molar-refractivity contribution in [3.63, 3.8) is 0 Å². The van der Waals surface area contributed by atoms with E-state index in [0.29, 0.717) is 22.6 Å². The van der Waals surface area contributed by atoms with Crippen LogP contribution in [0, 0.1) is 0 Å². The molecule has 0 saturated heterocycles. The standard InChI is InChI=1S/C18H17ClN2O3S/c19-16-7-5-13(6-8-16)12-25(23,24)20-10-9-15-11-14-3-1-2-4-17(14)21-18(15)22/h1-8,11,20H,9-10,12H2,(H,21,22). The van der Waals surface area contributed by atoms with Crippen molar-refractivity contribution in [2.75, 3.05) is 6.54 Å². The SMILES string of the molecule is O=c1[nH]c2ccccc2cc1CCNS(=O)(=O)Cc1ccc(Cl)cc1. The highest BCUT2D eigenvalue weighted by Gasteiger charge is 2.12. The number of para-hydroxylation sites is 1. The topological polar surface area (TPSA) is 79.0 Å². The van der Waals surface area contributed by atoms with Crippen molar-refractivity contribution < 1.29 is 8.42 Å². The van der Waals surface area contributed by atoms with Crippen LogP contribution in [-0.4, -0.2) is 19.9 Å². The van der Waals surface area contributed by atoms with Crippen LogP contribution in [0.4, 0.5) is 0 Å². The molecule has 0 spiro atoms. The molecule has 0 amide bonds. The Labute approximate surface area is 150 Å². The second-order valence-electron chi connectivity index (χ2n) is 5.74. The Morgan fingerprint density at radius 3 is 2.52 bits per heavy atom. The molecule has 0 saturated carbocycles. The molecular formula is C18H17ClN2O3S. The van der Waals surface area contributed by atoms with Crippen molar-refractivity contribution in [1.29, 1.82) is 0 Å². The summed E-state index contributed by atoms with van der Waals surface area (Å²) >= 11 is 5.79. The largest absolute Gasteiger partial charge is 0.322 e. The van der Waals surface area contributed by atoms with Crippen molar-refractivity contribution in [1.82, 2.24) is 9.71 Å². The van der Waals surface area contributed by atoms with E-state index in [4.69, 9.17) is 11.6 Å². The number of hydrogen-bond donors (Lipinski definition) is 2. The lowest BCUT2D eigenvalue weighted by atomic mass is 10.1. The van der Waals surface area contributed by atoms with Crippen LogP contribution in [0.2, 0.25) is 5.02 Å². The van der Waals surface area contributed by atoms with Gasteiger partial charge >= 0.3 is 0 Å². The van der Waals surface area contributed by atoms with E-state index >= 15 is 0 Å². The fourth-order valence-electron chi connectivity index (χ4n) is 2.57. The molecule has 2 N–H and O–H groups in total. The van der Waals surface area contributed by atoms with Crippen molar-refractivity contribution in [3.8, 4) is 0 Å². The van der Waals surface area contributed by atoms with Crippen LogP contribution in [0.5, 0.6) is 0 Å². The number of nitrogens with one attached hydrogen (secondary N) is 2. The van der Waals surface area contributed by atoms with Crippen molar-refractivity contribution in [2.45, 2.75) is 12.2 Å². The maximum Gasteiger partial charge on any atom is 0.251 e. The number of benzene rings is 2. The number of hydrogen-bond acceptors (Lipinski definition) is 3. The van der Waals surface area contributed by atoms with Crippen molar-refractivity contribution in [2.24, 2.45) is 0 Å². The molecule has 0 unspecified atom stereocenters. The summed E-state index contributed by atoms with van der Waals surface area (Å²) < 4.78 is 26.8. The van der Waals surface area contributed by atoms with E-state index in [1.165, 1.54) is 0 Å². The monoisotopic (exact) mass is 376 g/mol. The second-order valence-corrected chi connectivity index (χ2v) is 7.98. The molecule has 2 aromatic carbocycles. The highest BCUT2D eigenvalue weighted by Crippen LogP contribution is 2.12. The summed E-state index contributed by atoms with van der Waals surface area (Å²) in [5.74, 6) is -0.127. The van der Waals surface area contributed by atoms with Crippen LogP contribution in [0.1, 0.15) is 11.1 Å². The van der Waals surface area contributed by atoms with Gasteiger partial charge in [0.05, 0.1) is 5.75 Å². The first-order valence-corrected chi connectivity index (χ1v) is 9.79. The molecule has 0 fully saturated rings. The zero-order valence-corrected chi connectivity index (χ0v) is 14.9. The van der Waals surface area contributed by atoms with Crippen LogP contribution in [-0.2, 0) is 22.2 Å². The molecule has 0 aliphatic heterocycles. The number of H-pyrrole nitrogens is 1. The van der Waals surface area contributed by atoms with Crippen molar-refractivity contribution >= 4 is 32.5 Å². The average molecular weight is 377 g/mol. The number of pyridine rings is 1. The first kappa shape index (κ1) is 17.7. The summed E-state index contributed by atoms with van der Waals surface area (Å²) in [4.78, 5) is 14.9. The zero-order valence-electron chi connectivity index (χ0n) is 13.3. The molecule has 0 aliphatic rings.